The van der Waals surface area contributed by atoms with E-state index in [1.165, 1.54) is 206 Å². The van der Waals surface area contributed by atoms with E-state index in [1.54, 1.807) is 0 Å². The van der Waals surface area contributed by atoms with Gasteiger partial charge in [0, 0.05) is 5.92 Å². The van der Waals surface area contributed by atoms with Crippen LogP contribution in [0.5, 0.6) is 0 Å². The SMILES string of the molecule is CCCCCCCCC=CCCCCCCCCCC(CCCCCCCCC=CCCCCCCCC)C[N+](C)(C)C.[Cl-]. The molecule has 0 N–H and O–H groups in total. The second kappa shape index (κ2) is 37.2. The topological polar surface area (TPSA) is 0 Å². The van der Waals surface area contributed by atoms with Crippen molar-refractivity contribution >= 4 is 0 Å². The maximum Gasteiger partial charge on any atom is 0.0809 e. The minimum absolute atomic E-state index is 0. The quantitative estimate of drug-likeness (QED) is 0.0368. The van der Waals surface area contributed by atoms with E-state index in [0.29, 0.717) is 0 Å². The predicted octanol–water partition coefficient (Wildman–Crippen LogP) is 11.6. The van der Waals surface area contributed by atoms with Gasteiger partial charge in [0.15, 0.2) is 0 Å². The highest BCUT2D eigenvalue weighted by molar-refractivity contribution is 4.82. The molecule has 0 aromatic carbocycles. The molecule has 0 heterocycles. The maximum atomic E-state index is 2.46. The summed E-state index contributed by atoms with van der Waals surface area (Å²) < 4.78 is 1.13. The lowest BCUT2D eigenvalue weighted by Crippen LogP contribution is -3.00. The van der Waals surface area contributed by atoms with E-state index in [9.17, 15) is 0 Å². The van der Waals surface area contributed by atoms with Gasteiger partial charge in [-0.05, 0) is 64.2 Å². The second-order valence-electron chi connectivity index (χ2n) is 15.1. The predicted molar refractivity (Wildman–Crippen MR) is 199 cm³/mol. The van der Waals surface area contributed by atoms with Crippen LogP contribution in [0.4, 0.5) is 0 Å². The first-order valence-corrected chi connectivity index (χ1v) is 20.1. The van der Waals surface area contributed by atoms with Crippen molar-refractivity contribution < 1.29 is 16.9 Å². The van der Waals surface area contributed by atoms with Gasteiger partial charge in [-0.2, -0.15) is 0 Å². The second-order valence-corrected chi connectivity index (χ2v) is 15.1. The number of allylic oxidation sites excluding steroid dienone is 4. The van der Waals surface area contributed by atoms with E-state index < -0.39 is 0 Å². The zero-order chi connectivity index (χ0) is 31.5. The Morgan fingerprint density at radius 2 is 0.614 bits per heavy atom. The molecule has 0 fully saturated rings. The van der Waals surface area contributed by atoms with E-state index in [4.69, 9.17) is 0 Å². The third-order valence-electron chi connectivity index (χ3n) is 9.30. The Balaban J connectivity index is 0. The standard InChI is InChI=1S/C42H84N.ClH/c1-6-8-10-12-14-16-18-20-22-24-26-28-30-32-34-36-38-40-42(41-43(3,4)5)39-37-35-33-31-29-27-25-23-21-19-17-15-13-11-9-7-2;/h20-23,42H,6-19,24-41H2,1-5H3;1H/q+1;/p-1. The molecule has 1 nitrogen and oxygen atoms in total. The Bertz CT molecular complexity index is 575. The van der Waals surface area contributed by atoms with Crippen LogP contribution in [0.1, 0.15) is 213 Å². The van der Waals surface area contributed by atoms with Gasteiger partial charge < -0.3 is 16.9 Å². The average molecular weight is 639 g/mol. The van der Waals surface area contributed by atoms with Crippen molar-refractivity contribution in [1.82, 2.24) is 0 Å². The third-order valence-corrected chi connectivity index (χ3v) is 9.30. The Labute approximate surface area is 286 Å². The normalized spacial score (nSPS) is 12.8. The zero-order valence-corrected chi connectivity index (χ0v) is 32.1. The van der Waals surface area contributed by atoms with Crippen LogP contribution in [0.2, 0.25) is 0 Å². The number of hydrogen-bond donors (Lipinski definition) is 0. The van der Waals surface area contributed by atoms with Gasteiger partial charge in [0.1, 0.15) is 0 Å². The largest absolute Gasteiger partial charge is 1.00 e. The minimum atomic E-state index is 0. The number of quaternary nitrogens is 1. The summed E-state index contributed by atoms with van der Waals surface area (Å²) in [5.41, 5.74) is 0. The monoisotopic (exact) mass is 638 g/mol. The van der Waals surface area contributed by atoms with Crippen molar-refractivity contribution in [2.45, 2.75) is 213 Å². The lowest BCUT2D eigenvalue weighted by Gasteiger charge is -2.29. The summed E-state index contributed by atoms with van der Waals surface area (Å²) in [4.78, 5) is 0. The molecule has 0 aliphatic heterocycles. The lowest BCUT2D eigenvalue weighted by atomic mass is 9.93. The van der Waals surface area contributed by atoms with Gasteiger partial charge in [-0.1, -0.05) is 173 Å². The molecule has 264 valence electrons. The summed E-state index contributed by atoms with van der Waals surface area (Å²) in [6.07, 6.45) is 53.7. The highest BCUT2D eigenvalue weighted by Crippen LogP contribution is 2.22. The van der Waals surface area contributed by atoms with Crippen molar-refractivity contribution in [1.29, 1.82) is 0 Å². The molecule has 0 rings (SSSR count). The lowest BCUT2D eigenvalue weighted by molar-refractivity contribution is -0.874. The van der Waals surface area contributed by atoms with Crippen LogP contribution >= 0.6 is 0 Å². The maximum absolute atomic E-state index is 2.46. The van der Waals surface area contributed by atoms with Crippen LogP contribution in [0, 0.1) is 5.92 Å². The van der Waals surface area contributed by atoms with Gasteiger partial charge in [0.25, 0.3) is 0 Å². The smallest absolute Gasteiger partial charge is 0.0809 e. The van der Waals surface area contributed by atoms with Gasteiger partial charge >= 0.3 is 0 Å². The van der Waals surface area contributed by atoms with Gasteiger partial charge in [0.2, 0.25) is 0 Å². The van der Waals surface area contributed by atoms with Gasteiger partial charge in [0.05, 0.1) is 27.7 Å². The molecule has 0 spiro atoms. The van der Waals surface area contributed by atoms with Crippen LogP contribution in [0.3, 0.4) is 0 Å². The zero-order valence-electron chi connectivity index (χ0n) is 31.3. The molecule has 0 amide bonds. The molecule has 0 bridgehead atoms. The van der Waals surface area contributed by atoms with Crippen LogP contribution in [0.25, 0.3) is 0 Å². The van der Waals surface area contributed by atoms with Crippen LogP contribution < -0.4 is 12.4 Å². The Kier molecular flexibility index (Phi) is 38.8. The fourth-order valence-electron chi connectivity index (χ4n) is 6.64. The molecule has 1 atom stereocenters. The van der Waals surface area contributed by atoms with Gasteiger partial charge in [-0.25, -0.2) is 0 Å². The first kappa shape index (κ1) is 45.9. The van der Waals surface area contributed by atoms with E-state index >= 15 is 0 Å². The van der Waals surface area contributed by atoms with E-state index in [2.05, 4.69) is 59.3 Å². The number of rotatable bonds is 35. The van der Waals surface area contributed by atoms with E-state index in [-0.39, 0.29) is 12.4 Å². The number of halogens is 1. The van der Waals surface area contributed by atoms with Gasteiger partial charge in [-0.15, -0.1) is 0 Å². The average Bonchev–Trinajstić information content (AvgIpc) is 2.97. The molecule has 0 saturated heterocycles. The van der Waals surface area contributed by atoms with Crippen LogP contribution in [0.15, 0.2) is 24.3 Å². The number of hydrogen-bond acceptors (Lipinski definition) is 0. The highest BCUT2D eigenvalue weighted by atomic mass is 35.5. The summed E-state index contributed by atoms with van der Waals surface area (Å²) in [6, 6.07) is 0. The Morgan fingerprint density at radius 3 is 0.886 bits per heavy atom. The molecule has 0 aromatic heterocycles. The molecule has 0 aliphatic rings. The van der Waals surface area contributed by atoms with Crippen molar-refractivity contribution in [3.63, 3.8) is 0 Å². The summed E-state index contributed by atoms with van der Waals surface area (Å²) in [5.74, 6) is 0.930. The van der Waals surface area contributed by atoms with Crippen molar-refractivity contribution in [3.05, 3.63) is 24.3 Å². The molecule has 2 heteroatoms. The highest BCUT2D eigenvalue weighted by Gasteiger charge is 2.17. The van der Waals surface area contributed by atoms with Crippen LogP contribution in [-0.4, -0.2) is 32.2 Å². The fourth-order valence-corrected chi connectivity index (χ4v) is 6.64. The Morgan fingerprint density at radius 1 is 0.364 bits per heavy atom. The fraction of sp³-hybridized carbons (Fsp3) is 0.905. The summed E-state index contributed by atoms with van der Waals surface area (Å²) in [6.45, 7) is 5.96. The van der Waals surface area contributed by atoms with E-state index in [1.807, 2.05) is 0 Å². The van der Waals surface area contributed by atoms with Gasteiger partial charge in [-0.3, -0.25) is 0 Å². The molecular weight excluding hydrogens is 554 g/mol. The first-order valence-electron chi connectivity index (χ1n) is 20.1. The summed E-state index contributed by atoms with van der Waals surface area (Å²) in [5, 5.41) is 0. The molecule has 1 unspecified atom stereocenters. The Hall–Kier alpha value is -0.270. The van der Waals surface area contributed by atoms with Crippen molar-refractivity contribution in [3.8, 4) is 0 Å². The number of unbranched alkanes of at least 4 members (excludes halogenated alkanes) is 25. The molecule has 0 aromatic rings. The molecule has 0 radical (unpaired) electrons. The summed E-state index contributed by atoms with van der Waals surface area (Å²) in [7, 11) is 7.16. The molecule has 44 heavy (non-hydrogen) atoms. The first-order chi connectivity index (χ1) is 21.0. The van der Waals surface area contributed by atoms with Crippen LogP contribution in [-0.2, 0) is 0 Å². The molecule has 0 aliphatic carbocycles. The molecule has 0 saturated carbocycles. The van der Waals surface area contributed by atoms with Crippen molar-refractivity contribution in [2.24, 2.45) is 5.92 Å². The van der Waals surface area contributed by atoms with Crippen molar-refractivity contribution in [2.75, 3.05) is 27.7 Å². The third kappa shape index (κ3) is 39.8. The van der Waals surface area contributed by atoms with E-state index in [0.717, 1.165) is 10.4 Å². The molecular formula is C42H84ClN. The number of nitrogens with zero attached hydrogens (tertiary/aromatic N) is 1. The summed E-state index contributed by atoms with van der Waals surface area (Å²) >= 11 is 0. The minimum Gasteiger partial charge on any atom is -1.00 e.